The molecule has 132 valence electrons. The van der Waals surface area contributed by atoms with E-state index in [0.29, 0.717) is 17.9 Å². The molecule has 4 nitrogen and oxygen atoms in total. The van der Waals surface area contributed by atoms with E-state index in [9.17, 15) is 4.79 Å². The lowest BCUT2D eigenvalue weighted by atomic mass is 9.63. The molecule has 0 amide bonds. The molecule has 0 fully saturated rings. The zero-order valence-corrected chi connectivity index (χ0v) is 15.4. The highest BCUT2D eigenvalue weighted by molar-refractivity contribution is 6.00. The van der Waals surface area contributed by atoms with E-state index >= 15 is 0 Å². The summed E-state index contributed by atoms with van der Waals surface area (Å²) in [5.74, 6) is 2.36. The first-order chi connectivity index (χ1) is 11.9. The predicted molar refractivity (Wildman–Crippen MR) is 97.3 cm³/mol. The van der Waals surface area contributed by atoms with Crippen molar-refractivity contribution in [3.63, 3.8) is 0 Å². The zero-order valence-electron chi connectivity index (χ0n) is 15.4. The van der Waals surface area contributed by atoms with Gasteiger partial charge in [0.1, 0.15) is 5.75 Å². The number of benzene rings is 2. The maximum absolute atomic E-state index is 12.7. The molecular weight excluding hydrogens is 316 g/mol. The first-order valence-electron chi connectivity index (χ1n) is 8.36. The summed E-state index contributed by atoms with van der Waals surface area (Å²) in [5, 5.41) is 0. The Hall–Kier alpha value is -2.49. The van der Waals surface area contributed by atoms with Crippen molar-refractivity contribution in [1.29, 1.82) is 0 Å². The standard InChI is InChI=1S/C21H24O4/c1-21(2)16(13-6-9-19(24-4)20(10-13)25-5)12-18(22)15-8-7-14(23-3)11-17(15)21/h6-11,16H,12H2,1-5H3. The molecule has 1 atom stereocenters. The van der Waals surface area contributed by atoms with Gasteiger partial charge in [-0.1, -0.05) is 19.9 Å². The predicted octanol–water partition coefficient (Wildman–Crippen LogP) is 4.36. The molecule has 0 aromatic heterocycles. The van der Waals surface area contributed by atoms with E-state index in [1.165, 1.54) is 0 Å². The quantitative estimate of drug-likeness (QED) is 0.829. The van der Waals surface area contributed by atoms with Crippen LogP contribution in [0.5, 0.6) is 17.2 Å². The molecule has 2 aromatic rings. The van der Waals surface area contributed by atoms with Gasteiger partial charge in [0.15, 0.2) is 17.3 Å². The SMILES string of the molecule is COc1ccc2c(c1)C(C)(C)C(c1ccc(OC)c(OC)c1)CC2=O. The van der Waals surface area contributed by atoms with E-state index in [1.54, 1.807) is 21.3 Å². The largest absolute Gasteiger partial charge is 0.497 e. The number of rotatable bonds is 4. The summed E-state index contributed by atoms with van der Waals surface area (Å²) in [5.41, 5.74) is 2.69. The van der Waals surface area contributed by atoms with Crippen LogP contribution in [0.15, 0.2) is 36.4 Å². The van der Waals surface area contributed by atoms with Crippen molar-refractivity contribution >= 4 is 5.78 Å². The summed E-state index contributed by atoms with van der Waals surface area (Å²) in [7, 11) is 4.89. The fraction of sp³-hybridized carbons (Fsp3) is 0.381. The van der Waals surface area contributed by atoms with Gasteiger partial charge in [0, 0.05) is 17.9 Å². The molecular formula is C21H24O4. The van der Waals surface area contributed by atoms with Gasteiger partial charge in [-0.2, -0.15) is 0 Å². The molecule has 0 heterocycles. The normalized spacial score (nSPS) is 18.4. The number of ketones is 1. The van der Waals surface area contributed by atoms with Crippen LogP contribution < -0.4 is 14.2 Å². The number of carbonyl (C=O) groups is 1. The van der Waals surface area contributed by atoms with Crippen LogP contribution in [-0.4, -0.2) is 27.1 Å². The van der Waals surface area contributed by atoms with E-state index in [1.807, 2.05) is 36.4 Å². The van der Waals surface area contributed by atoms with Crippen molar-refractivity contribution in [1.82, 2.24) is 0 Å². The lowest BCUT2D eigenvalue weighted by molar-refractivity contribution is 0.0942. The van der Waals surface area contributed by atoms with E-state index in [2.05, 4.69) is 13.8 Å². The van der Waals surface area contributed by atoms with Gasteiger partial charge in [0.2, 0.25) is 0 Å². The number of hydrogen-bond acceptors (Lipinski definition) is 4. The molecule has 0 bridgehead atoms. The van der Waals surface area contributed by atoms with Gasteiger partial charge in [-0.3, -0.25) is 4.79 Å². The maximum Gasteiger partial charge on any atom is 0.163 e. The molecule has 25 heavy (non-hydrogen) atoms. The molecule has 3 rings (SSSR count). The smallest absolute Gasteiger partial charge is 0.163 e. The van der Waals surface area contributed by atoms with E-state index in [-0.39, 0.29) is 17.1 Å². The molecule has 0 saturated carbocycles. The van der Waals surface area contributed by atoms with Crippen molar-refractivity contribution in [2.45, 2.75) is 31.6 Å². The fourth-order valence-electron chi connectivity index (χ4n) is 3.77. The van der Waals surface area contributed by atoms with Crippen LogP contribution in [0.3, 0.4) is 0 Å². The summed E-state index contributed by atoms with van der Waals surface area (Å²) in [4.78, 5) is 12.7. The third kappa shape index (κ3) is 2.86. The number of methoxy groups -OCH3 is 3. The monoisotopic (exact) mass is 340 g/mol. The van der Waals surface area contributed by atoms with Crippen LogP contribution in [0.4, 0.5) is 0 Å². The van der Waals surface area contributed by atoms with Crippen LogP contribution in [0.25, 0.3) is 0 Å². The minimum atomic E-state index is -0.211. The zero-order chi connectivity index (χ0) is 18.2. The summed E-state index contributed by atoms with van der Waals surface area (Å²) in [6.07, 6.45) is 0.474. The van der Waals surface area contributed by atoms with Gasteiger partial charge in [0.25, 0.3) is 0 Å². The Morgan fingerprint density at radius 1 is 0.920 bits per heavy atom. The number of Topliss-reactive ketones (excluding diaryl/α,β-unsaturated/α-hetero) is 1. The summed E-state index contributed by atoms with van der Waals surface area (Å²) < 4.78 is 16.1. The van der Waals surface area contributed by atoms with Crippen molar-refractivity contribution in [2.24, 2.45) is 0 Å². The minimum Gasteiger partial charge on any atom is -0.497 e. The summed E-state index contributed by atoms with van der Waals surface area (Å²) in [6.45, 7) is 4.36. The van der Waals surface area contributed by atoms with Crippen molar-refractivity contribution < 1.29 is 19.0 Å². The average Bonchev–Trinajstić information content (AvgIpc) is 2.63. The molecule has 4 heteroatoms. The van der Waals surface area contributed by atoms with Gasteiger partial charge in [-0.25, -0.2) is 0 Å². The molecule has 0 saturated heterocycles. The number of carbonyl (C=O) groups excluding carboxylic acids is 1. The van der Waals surface area contributed by atoms with Crippen LogP contribution in [0.1, 0.15) is 47.7 Å². The lowest BCUT2D eigenvalue weighted by Crippen LogP contribution is -2.35. The van der Waals surface area contributed by atoms with Crippen molar-refractivity contribution in [3.05, 3.63) is 53.1 Å². The van der Waals surface area contributed by atoms with Crippen LogP contribution in [0.2, 0.25) is 0 Å². The summed E-state index contributed by atoms with van der Waals surface area (Å²) >= 11 is 0. The Balaban J connectivity index is 2.10. The Bertz CT molecular complexity index is 808. The fourth-order valence-corrected chi connectivity index (χ4v) is 3.77. The number of fused-ring (bicyclic) bond motifs is 1. The van der Waals surface area contributed by atoms with Gasteiger partial charge in [0.05, 0.1) is 21.3 Å². The molecule has 0 spiro atoms. The van der Waals surface area contributed by atoms with Gasteiger partial charge in [-0.15, -0.1) is 0 Å². The summed E-state index contributed by atoms with van der Waals surface area (Å²) in [6, 6.07) is 11.6. The topological polar surface area (TPSA) is 44.8 Å². The van der Waals surface area contributed by atoms with Gasteiger partial charge in [-0.05, 0) is 46.9 Å². The molecule has 2 aromatic carbocycles. The molecule has 1 aliphatic rings. The van der Waals surface area contributed by atoms with E-state index < -0.39 is 0 Å². The average molecular weight is 340 g/mol. The molecule has 0 radical (unpaired) electrons. The highest BCUT2D eigenvalue weighted by atomic mass is 16.5. The third-order valence-electron chi connectivity index (χ3n) is 5.29. The highest BCUT2D eigenvalue weighted by Crippen LogP contribution is 2.48. The van der Waals surface area contributed by atoms with Crippen LogP contribution in [-0.2, 0) is 5.41 Å². The van der Waals surface area contributed by atoms with E-state index in [0.717, 1.165) is 22.4 Å². The molecule has 1 unspecified atom stereocenters. The second-order valence-electron chi connectivity index (χ2n) is 6.93. The Morgan fingerprint density at radius 3 is 2.28 bits per heavy atom. The second kappa shape index (κ2) is 6.43. The van der Waals surface area contributed by atoms with Crippen LogP contribution >= 0.6 is 0 Å². The van der Waals surface area contributed by atoms with Gasteiger partial charge < -0.3 is 14.2 Å². The Labute approximate surface area is 148 Å². The van der Waals surface area contributed by atoms with Crippen molar-refractivity contribution in [2.75, 3.05) is 21.3 Å². The third-order valence-corrected chi connectivity index (χ3v) is 5.29. The molecule has 0 aliphatic heterocycles. The Kier molecular flexibility index (Phi) is 4.46. The number of ether oxygens (including phenoxy) is 3. The molecule has 1 aliphatic carbocycles. The van der Waals surface area contributed by atoms with E-state index in [4.69, 9.17) is 14.2 Å². The maximum atomic E-state index is 12.7. The lowest BCUT2D eigenvalue weighted by Gasteiger charge is -2.40. The molecule has 0 N–H and O–H groups in total. The minimum absolute atomic E-state index is 0.0550. The second-order valence-corrected chi connectivity index (χ2v) is 6.93. The van der Waals surface area contributed by atoms with Gasteiger partial charge >= 0.3 is 0 Å². The Morgan fingerprint density at radius 2 is 1.64 bits per heavy atom. The number of hydrogen-bond donors (Lipinski definition) is 0. The van der Waals surface area contributed by atoms with Crippen molar-refractivity contribution in [3.8, 4) is 17.2 Å². The first-order valence-corrected chi connectivity index (χ1v) is 8.36. The van der Waals surface area contributed by atoms with Crippen LogP contribution in [0, 0.1) is 0 Å². The first kappa shape index (κ1) is 17.3. The highest BCUT2D eigenvalue weighted by Gasteiger charge is 2.41.